The second-order valence-electron chi connectivity index (χ2n) is 6.10. The van der Waals surface area contributed by atoms with Crippen molar-refractivity contribution in [3.63, 3.8) is 0 Å². The molecule has 0 aliphatic carbocycles. The molecule has 0 saturated carbocycles. The molecule has 0 saturated heterocycles. The predicted molar refractivity (Wildman–Crippen MR) is 78.9 cm³/mol. The lowest BCUT2D eigenvalue weighted by atomic mass is 9.93. The highest BCUT2D eigenvalue weighted by Gasteiger charge is 2.22. The van der Waals surface area contributed by atoms with Crippen molar-refractivity contribution in [2.75, 3.05) is 6.54 Å². The summed E-state index contributed by atoms with van der Waals surface area (Å²) in [5, 5.41) is 16.3. The summed E-state index contributed by atoms with van der Waals surface area (Å²) >= 11 is 0. The van der Waals surface area contributed by atoms with E-state index in [0.29, 0.717) is 11.3 Å². The third kappa shape index (κ3) is 3.92. The summed E-state index contributed by atoms with van der Waals surface area (Å²) in [5.74, 6) is -0.200. The maximum atomic E-state index is 12.8. The van der Waals surface area contributed by atoms with Crippen LogP contribution >= 0.6 is 0 Å². The van der Waals surface area contributed by atoms with Gasteiger partial charge in [0, 0.05) is 18.0 Å². The van der Waals surface area contributed by atoms with Gasteiger partial charge in [0.1, 0.15) is 11.6 Å². The molecule has 0 aliphatic rings. The lowest BCUT2D eigenvalue weighted by Gasteiger charge is -2.12. The number of benzene rings is 1. The van der Waals surface area contributed by atoms with Crippen LogP contribution in [-0.2, 0) is 5.41 Å². The first-order chi connectivity index (χ1) is 10.3. The smallest absolute Gasteiger partial charge is 0.273 e. The summed E-state index contributed by atoms with van der Waals surface area (Å²) in [4.78, 5) is 12.0. The van der Waals surface area contributed by atoms with Gasteiger partial charge in [0.2, 0.25) is 0 Å². The molecule has 0 radical (unpaired) electrons. The van der Waals surface area contributed by atoms with Gasteiger partial charge in [0.05, 0.1) is 6.10 Å². The summed E-state index contributed by atoms with van der Waals surface area (Å²) in [6.45, 7) is 5.86. The third-order valence-corrected chi connectivity index (χ3v) is 3.19. The fourth-order valence-electron chi connectivity index (χ4n) is 1.82. The van der Waals surface area contributed by atoms with Crippen LogP contribution in [0.4, 0.5) is 4.39 Å². The van der Waals surface area contributed by atoms with Gasteiger partial charge in [-0.25, -0.2) is 4.39 Å². The van der Waals surface area contributed by atoms with E-state index < -0.39 is 12.0 Å². The van der Waals surface area contributed by atoms with Gasteiger partial charge < -0.3 is 14.9 Å². The van der Waals surface area contributed by atoms with Gasteiger partial charge in [0.25, 0.3) is 5.91 Å². The van der Waals surface area contributed by atoms with Crippen LogP contribution in [-0.4, -0.2) is 22.7 Å². The second-order valence-corrected chi connectivity index (χ2v) is 6.10. The van der Waals surface area contributed by atoms with Crippen LogP contribution in [0.3, 0.4) is 0 Å². The van der Waals surface area contributed by atoms with E-state index in [-0.39, 0.29) is 23.5 Å². The van der Waals surface area contributed by atoms with Crippen molar-refractivity contribution in [2.24, 2.45) is 0 Å². The Labute approximate surface area is 128 Å². The average molecular weight is 306 g/mol. The highest BCUT2D eigenvalue weighted by atomic mass is 19.1. The summed E-state index contributed by atoms with van der Waals surface area (Å²) in [6.07, 6.45) is -0.918. The molecule has 0 aliphatic heterocycles. The number of aromatic nitrogens is 1. The van der Waals surface area contributed by atoms with Crippen molar-refractivity contribution in [1.82, 2.24) is 10.5 Å². The predicted octanol–water partition coefficient (Wildman–Crippen LogP) is 2.57. The normalized spacial score (nSPS) is 13.0. The molecule has 0 spiro atoms. The van der Waals surface area contributed by atoms with E-state index in [0.717, 1.165) is 0 Å². The Kier molecular flexibility index (Phi) is 4.61. The quantitative estimate of drug-likeness (QED) is 0.910. The first kappa shape index (κ1) is 16.2. The monoisotopic (exact) mass is 306 g/mol. The molecule has 1 aromatic carbocycles. The third-order valence-electron chi connectivity index (χ3n) is 3.19. The molecule has 0 fully saturated rings. The van der Waals surface area contributed by atoms with Crippen LogP contribution < -0.4 is 5.32 Å². The number of hydrogen-bond acceptors (Lipinski definition) is 4. The molecule has 2 rings (SSSR count). The Bertz CT molecular complexity index is 644. The largest absolute Gasteiger partial charge is 0.387 e. The van der Waals surface area contributed by atoms with Gasteiger partial charge in [-0.1, -0.05) is 38.1 Å². The molecule has 5 nitrogen and oxygen atoms in total. The number of carbonyl (C=O) groups excluding carboxylic acids is 1. The Morgan fingerprint density at radius 3 is 2.55 bits per heavy atom. The van der Waals surface area contributed by atoms with Crippen LogP contribution in [0.5, 0.6) is 0 Å². The SMILES string of the molecule is CC(C)(C)c1cc(C(=O)NCC(O)c2ccc(F)cc2)no1. The van der Waals surface area contributed by atoms with Crippen molar-refractivity contribution in [1.29, 1.82) is 0 Å². The van der Waals surface area contributed by atoms with Crippen LogP contribution in [0, 0.1) is 5.82 Å². The number of hydrogen-bond donors (Lipinski definition) is 2. The van der Waals surface area contributed by atoms with E-state index in [2.05, 4.69) is 10.5 Å². The number of aliphatic hydroxyl groups excluding tert-OH is 1. The van der Waals surface area contributed by atoms with Crippen molar-refractivity contribution >= 4 is 5.91 Å². The first-order valence-corrected chi connectivity index (χ1v) is 6.96. The molecule has 0 bridgehead atoms. The summed E-state index contributed by atoms with van der Waals surface area (Å²) in [6, 6.07) is 7.04. The molecule has 2 aromatic rings. The minimum Gasteiger partial charge on any atom is -0.387 e. The van der Waals surface area contributed by atoms with Gasteiger partial charge in [-0.3, -0.25) is 4.79 Å². The zero-order valence-corrected chi connectivity index (χ0v) is 12.8. The maximum Gasteiger partial charge on any atom is 0.273 e. The Balaban J connectivity index is 1.95. The van der Waals surface area contributed by atoms with E-state index in [4.69, 9.17) is 4.52 Å². The van der Waals surface area contributed by atoms with E-state index in [9.17, 15) is 14.3 Å². The molecule has 2 N–H and O–H groups in total. The average Bonchev–Trinajstić information content (AvgIpc) is 2.95. The van der Waals surface area contributed by atoms with E-state index in [1.807, 2.05) is 20.8 Å². The molecular weight excluding hydrogens is 287 g/mol. The zero-order valence-electron chi connectivity index (χ0n) is 12.8. The van der Waals surface area contributed by atoms with Crippen molar-refractivity contribution in [3.05, 3.63) is 53.2 Å². The summed E-state index contributed by atoms with van der Waals surface area (Å²) < 4.78 is 18.0. The Hall–Kier alpha value is -2.21. The summed E-state index contributed by atoms with van der Waals surface area (Å²) in [5.41, 5.74) is 0.451. The van der Waals surface area contributed by atoms with Crippen molar-refractivity contribution in [3.8, 4) is 0 Å². The lowest BCUT2D eigenvalue weighted by Crippen LogP contribution is -2.28. The topological polar surface area (TPSA) is 75.4 Å². The number of amides is 1. The molecule has 1 amide bonds. The van der Waals surface area contributed by atoms with Gasteiger partial charge in [-0.05, 0) is 17.7 Å². The summed E-state index contributed by atoms with van der Waals surface area (Å²) in [7, 11) is 0. The van der Waals surface area contributed by atoms with Gasteiger partial charge in [-0.15, -0.1) is 0 Å². The fraction of sp³-hybridized carbons (Fsp3) is 0.375. The van der Waals surface area contributed by atoms with Gasteiger partial charge in [-0.2, -0.15) is 0 Å². The molecule has 22 heavy (non-hydrogen) atoms. The molecular formula is C16H19FN2O3. The van der Waals surface area contributed by atoms with Crippen LogP contribution in [0.1, 0.15) is 48.7 Å². The molecule has 1 aromatic heterocycles. The molecule has 1 heterocycles. The van der Waals surface area contributed by atoms with Gasteiger partial charge >= 0.3 is 0 Å². The van der Waals surface area contributed by atoms with E-state index in [1.54, 1.807) is 6.07 Å². The first-order valence-electron chi connectivity index (χ1n) is 6.96. The van der Waals surface area contributed by atoms with Crippen molar-refractivity contribution < 1.29 is 18.8 Å². The lowest BCUT2D eigenvalue weighted by molar-refractivity contribution is 0.0907. The van der Waals surface area contributed by atoms with Crippen LogP contribution in [0.25, 0.3) is 0 Å². The Morgan fingerprint density at radius 2 is 2.00 bits per heavy atom. The fourth-order valence-corrected chi connectivity index (χ4v) is 1.82. The van der Waals surface area contributed by atoms with Crippen molar-refractivity contribution in [2.45, 2.75) is 32.3 Å². The minimum atomic E-state index is -0.918. The maximum absolute atomic E-state index is 12.8. The minimum absolute atomic E-state index is 0.00216. The molecule has 118 valence electrons. The molecule has 1 unspecified atom stereocenters. The Morgan fingerprint density at radius 1 is 1.36 bits per heavy atom. The zero-order chi connectivity index (χ0) is 16.3. The number of nitrogens with zero attached hydrogens (tertiary/aromatic N) is 1. The number of aliphatic hydroxyl groups is 1. The highest BCUT2D eigenvalue weighted by Crippen LogP contribution is 2.22. The standard InChI is InChI=1S/C16H19FN2O3/c1-16(2,3)14-8-12(19-22-14)15(21)18-9-13(20)10-4-6-11(17)7-5-10/h4-8,13,20H,9H2,1-3H3,(H,18,21). The van der Waals surface area contributed by atoms with Crippen LogP contribution in [0.15, 0.2) is 34.9 Å². The number of halogens is 1. The highest BCUT2D eigenvalue weighted by molar-refractivity contribution is 5.92. The van der Waals surface area contributed by atoms with Gasteiger partial charge in [0.15, 0.2) is 5.69 Å². The number of carbonyl (C=O) groups is 1. The molecule has 1 atom stereocenters. The van der Waals surface area contributed by atoms with Crippen LogP contribution in [0.2, 0.25) is 0 Å². The van der Waals surface area contributed by atoms with E-state index >= 15 is 0 Å². The second kappa shape index (κ2) is 6.27. The number of rotatable bonds is 4. The number of nitrogens with one attached hydrogen (secondary N) is 1. The van der Waals surface area contributed by atoms with E-state index in [1.165, 1.54) is 24.3 Å². The molecule has 6 heteroatoms.